The van der Waals surface area contributed by atoms with Crippen LogP contribution in [0.3, 0.4) is 0 Å². The van der Waals surface area contributed by atoms with Crippen molar-refractivity contribution in [2.24, 2.45) is 0 Å². The molecule has 0 aliphatic carbocycles. The van der Waals surface area contributed by atoms with Gasteiger partial charge >= 0.3 is 0 Å². The molecule has 0 bridgehead atoms. The highest BCUT2D eigenvalue weighted by Crippen LogP contribution is 2.29. The molecule has 1 aliphatic rings. The van der Waals surface area contributed by atoms with Crippen molar-refractivity contribution in [1.29, 1.82) is 0 Å². The summed E-state index contributed by atoms with van der Waals surface area (Å²) < 4.78 is 5.65. The molecular weight excluding hydrogens is 160 g/mol. The maximum atomic E-state index is 5.65. The summed E-state index contributed by atoms with van der Waals surface area (Å²) in [6.07, 6.45) is 9.15. The zero-order valence-corrected chi connectivity index (χ0v) is 9.60. The first-order valence-electron chi connectivity index (χ1n) is 5.52. The van der Waals surface area contributed by atoms with E-state index in [1.165, 1.54) is 19.3 Å². The normalized spacial score (nSPS) is 27.4. The molecule has 0 aromatic carbocycles. The quantitative estimate of drug-likeness (QED) is 0.604. The second-order valence-electron chi connectivity index (χ2n) is 3.51. The van der Waals surface area contributed by atoms with Crippen LogP contribution < -0.4 is 0 Å². The SMILES string of the molecule is C/C=C/CC[C@@]1(C)CCCO1.CC. The van der Waals surface area contributed by atoms with Gasteiger partial charge in [-0.25, -0.2) is 0 Å². The summed E-state index contributed by atoms with van der Waals surface area (Å²) in [6.45, 7) is 9.26. The van der Waals surface area contributed by atoms with Gasteiger partial charge in [0.05, 0.1) is 5.60 Å². The molecular formula is C12H24O. The van der Waals surface area contributed by atoms with Gasteiger partial charge in [-0.1, -0.05) is 26.0 Å². The predicted molar refractivity (Wildman–Crippen MR) is 59.0 cm³/mol. The lowest BCUT2D eigenvalue weighted by atomic mass is 9.97. The Morgan fingerprint density at radius 3 is 2.54 bits per heavy atom. The molecule has 0 amide bonds. The Kier molecular flexibility index (Phi) is 6.97. The number of hydrogen-bond donors (Lipinski definition) is 0. The molecule has 78 valence electrons. The minimum absolute atomic E-state index is 0.194. The van der Waals surface area contributed by atoms with Crippen LogP contribution in [0.15, 0.2) is 12.2 Å². The topological polar surface area (TPSA) is 9.23 Å². The number of allylic oxidation sites excluding steroid dienone is 2. The van der Waals surface area contributed by atoms with E-state index in [1.54, 1.807) is 0 Å². The van der Waals surface area contributed by atoms with Crippen molar-refractivity contribution in [2.45, 2.75) is 59.0 Å². The van der Waals surface area contributed by atoms with E-state index in [0.717, 1.165) is 13.0 Å². The Balaban J connectivity index is 0.000000671. The molecule has 1 nitrogen and oxygen atoms in total. The van der Waals surface area contributed by atoms with Crippen molar-refractivity contribution >= 4 is 0 Å². The van der Waals surface area contributed by atoms with Crippen LogP contribution in [0.2, 0.25) is 0 Å². The van der Waals surface area contributed by atoms with Crippen LogP contribution in [0, 0.1) is 0 Å². The van der Waals surface area contributed by atoms with Crippen LogP contribution in [0.4, 0.5) is 0 Å². The van der Waals surface area contributed by atoms with Crippen molar-refractivity contribution in [3.05, 3.63) is 12.2 Å². The zero-order chi connectivity index (χ0) is 10.2. The zero-order valence-electron chi connectivity index (χ0n) is 9.60. The van der Waals surface area contributed by atoms with E-state index in [4.69, 9.17) is 4.74 Å². The molecule has 0 spiro atoms. The Labute approximate surface area is 83.2 Å². The van der Waals surface area contributed by atoms with E-state index >= 15 is 0 Å². The van der Waals surface area contributed by atoms with Gasteiger partial charge in [-0.05, 0) is 39.5 Å². The molecule has 1 heteroatoms. The first-order valence-corrected chi connectivity index (χ1v) is 5.52. The van der Waals surface area contributed by atoms with E-state index < -0.39 is 0 Å². The molecule has 13 heavy (non-hydrogen) atoms. The lowest BCUT2D eigenvalue weighted by molar-refractivity contribution is 0.0141. The molecule has 1 fully saturated rings. The minimum atomic E-state index is 0.194. The van der Waals surface area contributed by atoms with E-state index in [1.807, 2.05) is 13.8 Å². The standard InChI is InChI=1S/C10H18O.C2H6/c1-3-4-5-7-10(2)8-6-9-11-10;1-2/h3-4H,5-9H2,1-2H3;1-2H3/b4-3+;/t10-;/m0./s1. The summed E-state index contributed by atoms with van der Waals surface area (Å²) in [5.74, 6) is 0. The van der Waals surface area contributed by atoms with E-state index in [2.05, 4.69) is 26.0 Å². The van der Waals surface area contributed by atoms with Gasteiger partial charge in [0.25, 0.3) is 0 Å². The van der Waals surface area contributed by atoms with E-state index in [9.17, 15) is 0 Å². The number of hydrogen-bond acceptors (Lipinski definition) is 1. The molecule has 1 saturated heterocycles. The van der Waals surface area contributed by atoms with Gasteiger partial charge in [0.1, 0.15) is 0 Å². The second kappa shape index (κ2) is 7.14. The highest BCUT2D eigenvalue weighted by molar-refractivity contribution is 4.85. The highest BCUT2D eigenvalue weighted by Gasteiger charge is 2.28. The van der Waals surface area contributed by atoms with E-state index in [0.29, 0.717) is 0 Å². The summed E-state index contributed by atoms with van der Waals surface area (Å²) >= 11 is 0. The Hall–Kier alpha value is -0.300. The summed E-state index contributed by atoms with van der Waals surface area (Å²) in [6, 6.07) is 0. The fourth-order valence-electron chi connectivity index (χ4n) is 1.59. The van der Waals surface area contributed by atoms with Crippen molar-refractivity contribution in [3.8, 4) is 0 Å². The van der Waals surface area contributed by atoms with Crippen molar-refractivity contribution in [2.75, 3.05) is 6.61 Å². The van der Waals surface area contributed by atoms with Crippen LogP contribution in [-0.4, -0.2) is 12.2 Å². The van der Waals surface area contributed by atoms with Gasteiger partial charge in [-0.15, -0.1) is 0 Å². The summed E-state index contributed by atoms with van der Waals surface area (Å²) in [5, 5.41) is 0. The fraction of sp³-hybridized carbons (Fsp3) is 0.833. The largest absolute Gasteiger partial charge is 0.375 e. The molecule has 1 heterocycles. The van der Waals surface area contributed by atoms with Crippen LogP contribution in [-0.2, 0) is 4.74 Å². The summed E-state index contributed by atoms with van der Waals surface area (Å²) in [7, 11) is 0. The Morgan fingerprint density at radius 2 is 2.08 bits per heavy atom. The first-order chi connectivity index (χ1) is 6.27. The first kappa shape index (κ1) is 12.7. The molecule has 0 N–H and O–H groups in total. The predicted octanol–water partition coefficient (Wildman–Crippen LogP) is 3.94. The lowest BCUT2D eigenvalue weighted by Gasteiger charge is -2.21. The molecule has 0 unspecified atom stereocenters. The molecule has 0 aromatic rings. The third-order valence-electron chi connectivity index (χ3n) is 2.38. The van der Waals surface area contributed by atoms with Gasteiger partial charge in [-0.3, -0.25) is 0 Å². The number of rotatable bonds is 3. The smallest absolute Gasteiger partial charge is 0.0658 e. The lowest BCUT2D eigenvalue weighted by Crippen LogP contribution is -2.21. The molecule has 1 aliphatic heterocycles. The average Bonchev–Trinajstić information content (AvgIpc) is 2.57. The third-order valence-corrected chi connectivity index (χ3v) is 2.38. The van der Waals surface area contributed by atoms with Crippen LogP contribution >= 0.6 is 0 Å². The van der Waals surface area contributed by atoms with Gasteiger partial charge < -0.3 is 4.74 Å². The van der Waals surface area contributed by atoms with Crippen molar-refractivity contribution in [3.63, 3.8) is 0 Å². The van der Waals surface area contributed by atoms with Crippen LogP contribution in [0.5, 0.6) is 0 Å². The Morgan fingerprint density at radius 1 is 1.38 bits per heavy atom. The van der Waals surface area contributed by atoms with Crippen molar-refractivity contribution < 1.29 is 4.74 Å². The summed E-state index contributed by atoms with van der Waals surface area (Å²) in [4.78, 5) is 0. The van der Waals surface area contributed by atoms with Gasteiger partial charge in [0.15, 0.2) is 0 Å². The number of ether oxygens (including phenoxy) is 1. The maximum absolute atomic E-state index is 5.65. The summed E-state index contributed by atoms with van der Waals surface area (Å²) in [5.41, 5.74) is 0.194. The third kappa shape index (κ3) is 5.09. The molecule has 1 atom stereocenters. The van der Waals surface area contributed by atoms with Crippen LogP contribution in [0.1, 0.15) is 53.4 Å². The van der Waals surface area contributed by atoms with Gasteiger partial charge in [0, 0.05) is 6.61 Å². The van der Waals surface area contributed by atoms with Crippen molar-refractivity contribution in [1.82, 2.24) is 0 Å². The molecule has 0 aromatic heterocycles. The second-order valence-corrected chi connectivity index (χ2v) is 3.51. The van der Waals surface area contributed by atoms with Gasteiger partial charge in [0.2, 0.25) is 0 Å². The average molecular weight is 184 g/mol. The van der Waals surface area contributed by atoms with Gasteiger partial charge in [-0.2, -0.15) is 0 Å². The Bertz CT molecular complexity index is 132. The molecule has 1 rings (SSSR count). The molecule has 0 radical (unpaired) electrons. The van der Waals surface area contributed by atoms with Crippen LogP contribution in [0.25, 0.3) is 0 Å². The fourth-order valence-corrected chi connectivity index (χ4v) is 1.59. The monoisotopic (exact) mass is 184 g/mol. The maximum Gasteiger partial charge on any atom is 0.0658 e. The van der Waals surface area contributed by atoms with E-state index in [-0.39, 0.29) is 5.60 Å². The highest BCUT2D eigenvalue weighted by atomic mass is 16.5. The molecule has 0 saturated carbocycles. The minimum Gasteiger partial charge on any atom is -0.375 e.